The molecular formula is C14H21Cl2N3O2. The van der Waals surface area contributed by atoms with Gasteiger partial charge in [-0.25, -0.2) is 9.78 Å². The number of hydrogen-bond donors (Lipinski definition) is 2. The Morgan fingerprint density at radius 1 is 1.33 bits per heavy atom. The van der Waals surface area contributed by atoms with Crippen LogP contribution in [-0.4, -0.2) is 29.8 Å². The van der Waals surface area contributed by atoms with Crippen LogP contribution in [0.1, 0.15) is 33.3 Å². The highest BCUT2D eigenvalue weighted by Crippen LogP contribution is 2.29. The Kier molecular flexibility index (Phi) is 5.84. The van der Waals surface area contributed by atoms with Crippen molar-refractivity contribution in [1.82, 2.24) is 10.3 Å². The Morgan fingerprint density at radius 3 is 2.43 bits per heavy atom. The maximum absolute atomic E-state index is 11.7. The van der Waals surface area contributed by atoms with Crippen LogP contribution in [-0.2, 0) is 10.2 Å². The third kappa shape index (κ3) is 5.34. The van der Waals surface area contributed by atoms with Gasteiger partial charge in [0.2, 0.25) is 0 Å². The molecule has 0 aromatic carbocycles. The molecule has 7 heteroatoms. The summed E-state index contributed by atoms with van der Waals surface area (Å²) in [5.41, 5.74) is 5.46. The van der Waals surface area contributed by atoms with Crippen molar-refractivity contribution in [2.24, 2.45) is 5.73 Å². The first-order valence-corrected chi connectivity index (χ1v) is 7.32. The van der Waals surface area contributed by atoms with E-state index in [1.165, 1.54) is 0 Å². The van der Waals surface area contributed by atoms with Crippen LogP contribution in [0.4, 0.5) is 4.79 Å². The van der Waals surface area contributed by atoms with E-state index in [2.05, 4.69) is 10.3 Å². The minimum atomic E-state index is -0.564. The zero-order valence-electron chi connectivity index (χ0n) is 12.7. The van der Waals surface area contributed by atoms with Gasteiger partial charge >= 0.3 is 6.09 Å². The Balaban J connectivity index is 2.83. The number of pyridine rings is 1. The highest BCUT2D eigenvalue weighted by Gasteiger charge is 2.29. The number of nitrogens with two attached hydrogens (primary N) is 1. The lowest BCUT2D eigenvalue weighted by Crippen LogP contribution is -2.45. The van der Waals surface area contributed by atoms with Gasteiger partial charge in [-0.2, -0.15) is 0 Å². The smallest absolute Gasteiger partial charge is 0.407 e. The molecule has 3 N–H and O–H groups in total. The molecule has 0 fully saturated rings. The second kappa shape index (κ2) is 6.81. The van der Waals surface area contributed by atoms with E-state index in [0.717, 1.165) is 5.56 Å². The molecule has 21 heavy (non-hydrogen) atoms. The van der Waals surface area contributed by atoms with Gasteiger partial charge in [0.25, 0.3) is 0 Å². The minimum absolute atomic E-state index is 0.279. The van der Waals surface area contributed by atoms with Crippen molar-refractivity contribution in [1.29, 1.82) is 0 Å². The van der Waals surface area contributed by atoms with E-state index in [1.54, 1.807) is 32.9 Å². The second-order valence-electron chi connectivity index (χ2n) is 6.09. The van der Waals surface area contributed by atoms with E-state index >= 15 is 0 Å². The Labute approximate surface area is 135 Å². The number of ether oxygens (including phenoxy) is 1. The number of alkyl carbamates (subject to hydrolysis) is 1. The maximum atomic E-state index is 11.7. The van der Waals surface area contributed by atoms with E-state index in [-0.39, 0.29) is 18.2 Å². The number of rotatable bonds is 4. The monoisotopic (exact) mass is 333 g/mol. The van der Waals surface area contributed by atoms with Crippen LogP contribution in [0, 0.1) is 0 Å². The number of nitrogens with zero attached hydrogens (tertiary/aromatic N) is 1. The summed E-state index contributed by atoms with van der Waals surface area (Å²) >= 11 is 11.9. The van der Waals surface area contributed by atoms with E-state index in [4.69, 9.17) is 33.7 Å². The lowest BCUT2D eigenvalue weighted by Gasteiger charge is -2.30. The van der Waals surface area contributed by atoms with Crippen molar-refractivity contribution >= 4 is 29.3 Å². The van der Waals surface area contributed by atoms with E-state index in [1.807, 2.05) is 6.92 Å². The molecule has 1 aromatic heterocycles. The number of carbonyl (C=O) groups excluding carboxylic acids is 1. The van der Waals surface area contributed by atoms with Crippen LogP contribution in [0.2, 0.25) is 10.3 Å². The SMILES string of the molecule is CC(C)(C)OC(=O)NCC(C)(CN)c1ccc(Cl)nc1Cl. The Morgan fingerprint density at radius 2 is 1.95 bits per heavy atom. The van der Waals surface area contributed by atoms with Crippen LogP contribution >= 0.6 is 23.2 Å². The quantitative estimate of drug-likeness (QED) is 0.830. The van der Waals surface area contributed by atoms with Crippen molar-refractivity contribution in [2.75, 3.05) is 13.1 Å². The predicted octanol–water partition coefficient (Wildman–Crippen LogP) is 3.13. The lowest BCUT2D eigenvalue weighted by atomic mass is 9.83. The molecular weight excluding hydrogens is 313 g/mol. The fourth-order valence-electron chi connectivity index (χ4n) is 1.72. The summed E-state index contributed by atoms with van der Waals surface area (Å²) in [6.45, 7) is 7.85. The van der Waals surface area contributed by atoms with Gasteiger partial charge in [-0.05, 0) is 32.4 Å². The lowest BCUT2D eigenvalue weighted by molar-refractivity contribution is 0.0516. The van der Waals surface area contributed by atoms with Gasteiger partial charge < -0.3 is 15.8 Å². The molecule has 5 nitrogen and oxygen atoms in total. The summed E-state index contributed by atoms with van der Waals surface area (Å²) in [7, 11) is 0. The number of aromatic nitrogens is 1. The molecule has 1 unspecified atom stereocenters. The molecule has 1 atom stereocenters. The van der Waals surface area contributed by atoms with Crippen molar-refractivity contribution in [3.8, 4) is 0 Å². The third-order valence-corrected chi connectivity index (χ3v) is 3.44. The first-order chi connectivity index (χ1) is 9.57. The fourth-order valence-corrected chi connectivity index (χ4v) is 2.29. The molecule has 1 aromatic rings. The molecule has 0 spiro atoms. The molecule has 0 aliphatic heterocycles. The van der Waals surface area contributed by atoms with Gasteiger partial charge in [-0.3, -0.25) is 0 Å². The second-order valence-corrected chi connectivity index (χ2v) is 6.84. The van der Waals surface area contributed by atoms with Gasteiger partial charge in [0.15, 0.2) is 0 Å². The summed E-state index contributed by atoms with van der Waals surface area (Å²) in [4.78, 5) is 15.8. The van der Waals surface area contributed by atoms with Crippen LogP contribution in [0.5, 0.6) is 0 Å². The molecule has 0 saturated heterocycles. The summed E-state index contributed by atoms with van der Waals surface area (Å²) in [5.74, 6) is 0. The summed E-state index contributed by atoms with van der Waals surface area (Å²) in [6, 6.07) is 3.41. The average molecular weight is 334 g/mol. The number of carbonyl (C=O) groups is 1. The van der Waals surface area contributed by atoms with Crippen LogP contribution in [0.25, 0.3) is 0 Å². The first-order valence-electron chi connectivity index (χ1n) is 6.57. The molecule has 0 aliphatic carbocycles. The average Bonchev–Trinajstić information content (AvgIpc) is 2.34. The Hall–Kier alpha value is -1.04. The van der Waals surface area contributed by atoms with Crippen LogP contribution < -0.4 is 11.1 Å². The van der Waals surface area contributed by atoms with Gasteiger partial charge in [-0.15, -0.1) is 0 Å². The minimum Gasteiger partial charge on any atom is -0.444 e. The van der Waals surface area contributed by atoms with Gasteiger partial charge in [0.1, 0.15) is 15.9 Å². The number of nitrogens with one attached hydrogen (secondary N) is 1. The standard InChI is InChI=1S/C14H21Cl2N3O2/c1-13(2,3)21-12(20)18-8-14(4,7-17)9-5-6-10(15)19-11(9)16/h5-6H,7-8,17H2,1-4H3,(H,18,20). The van der Waals surface area contributed by atoms with Gasteiger partial charge in [0.05, 0.1) is 0 Å². The van der Waals surface area contributed by atoms with Crippen molar-refractivity contribution in [3.05, 3.63) is 28.0 Å². The van der Waals surface area contributed by atoms with Crippen molar-refractivity contribution in [3.63, 3.8) is 0 Å². The fraction of sp³-hybridized carbons (Fsp3) is 0.571. The normalized spacial score (nSPS) is 14.4. The largest absolute Gasteiger partial charge is 0.444 e. The van der Waals surface area contributed by atoms with Crippen LogP contribution in [0.3, 0.4) is 0 Å². The van der Waals surface area contributed by atoms with Crippen molar-refractivity contribution in [2.45, 2.75) is 38.7 Å². The number of amides is 1. The maximum Gasteiger partial charge on any atom is 0.407 e. The van der Waals surface area contributed by atoms with Gasteiger partial charge in [0, 0.05) is 18.5 Å². The molecule has 0 radical (unpaired) electrons. The summed E-state index contributed by atoms with van der Waals surface area (Å²) < 4.78 is 5.20. The molecule has 1 rings (SSSR count). The van der Waals surface area contributed by atoms with E-state index in [0.29, 0.717) is 5.15 Å². The zero-order valence-corrected chi connectivity index (χ0v) is 14.2. The highest BCUT2D eigenvalue weighted by molar-refractivity contribution is 6.32. The topological polar surface area (TPSA) is 77.2 Å². The molecule has 0 saturated carbocycles. The Bertz CT molecular complexity index is 517. The summed E-state index contributed by atoms with van der Waals surface area (Å²) in [6.07, 6.45) is -0.500. The highest BCUT2D eigenvalue weighted by atomic mass is 35.5. The molecule has 1 heterocycles. The molecule has 1 amide bonds. The van der Waals surface area contributed by atoms with E-state index in [9.17, 15) is 4.79 Å². The molecule has 0 bridgehead atoms. The zero-order chi connectivity index (χ0) is 16.3. The number of hydrogen-bond acceptors (Lipinski definition) is 4. The van der Waals surface area contributed by atoms with Crippen LogP contribution in [0.15, 0.2) is 12.1 Å². The van der Waals surface area contributed by atoms with E-state index < -0.39 is 17.1 Å². The predicted molar refractivity (Wildman–Crippen MR) is 84.9 cm³/mol. The first kappa shape index (κ1) is 18.0. The van der Waals surface area contributed by atoms with Crippen molar-refractivity contribution < 1.29 is 9.53 Å². The molecule has 0 aliphatic rings. The van der Waals surface area contributed by atoms with Gasteiger partial charge in [-0.1, -0.05) is 36.2 Å². The summed E-state index contributed by atoms with van der Waals surface area (Å²) in [5, 5.41) is 3.30. The molecule has 118 valence electrons. The number of halogens is 2. The third-order valence-electron chi connectivity index (χ3n) is 2.94.